The first-order chi connectivity index (χ1) is 8.63. The van der Waals surface area contributed by atoms with Crippen molar-refractivity contribution in [2.45, 2.75) is 44.8 Å². The van der Waals surface area contributed by atoms with Gasteiger partial charge in [-0.1, -0.05) is 47.8 Å². The van der Waals surface area contributed by atoms with Crippen LogP contribution in [0.2, 0.25) is 0 Å². The third-order valence-corrected chi connectivity index (χ3v) is 4.41. The highest BCUT2D eigenvalue weighted by Gasteiger charge is 2.34. The number of ether oxygens (including phenoxy) is 1. The normalized spacial score (nSPS) is 28.3. The fourth-order valence-electron chi connectivity index (χ4n) is 2.80. The summed E-state index contributed by atoms with van der Waals surface area (Å²) in [7, 11) is 0. The quantitative estimate of drug-likeness (QED) is 0.916. The Hall–Kier alpha value is -0.380. The van der Waals surface area contributed by atoms with Crippen LogP contribution >= 0.6 is 15.9 Å². The van der Waals surface area contributed by atoms with Crippen LogP contribution in [0.15, 0.2) is 28.7 Å². The van der Waals surface area contributed by atoms with Crippen LogP contribution in [-0.4, -0.2) is 12.1 Å². The lowest BCUT2D eigenvalue weighted by molar-refractivity contribution is -0.0840. The van der Waals surface area contributed by atoms with Crippen LogP contribution in [0.4, 0.5) is 0 Å². The van der Waals surface area contributed by atoms with Crippen LogP contribution in [0.5, 0.6) is 0 Å². The van der Waals surface area contributed by atoms with Gasteiger partial charge in [0.15, 0.2) is 0 Å². The molecule has 1 saturated carbocycles. The van der Waals surface area contributed by atoms with E-state index in [9.17, 15) is 0 Å². The standard InChI is InChI=1S/C15H22BrNO/c1-12-3-2-8-15(9-12,11-17)18-10-13-4-6-14(16)7-5-13/h4-7,12H,2-3,8-11,17H2,1H3. The summed E-state index contributed by atoms with van der Waals surface area (Å²) >= 11 is 3.44. The average molecular weight is 312 g/mol. The van der Waals surface area contributed by atoms with Crippen LogP contribution in [0.25, 0.3) is 0 Å². The molecule has 0 radical (unpaired) electrons. The van der Waals surface area contributed by atoms with Gasteiger partial charge in [0.25, 0.3) is 0 Å². The zero-order chi connectivity index (χ0) is 13.0. The lowest BCUT2D eigenvalue weighted by Gasteiger charge is -2.39. The Balaban J connectivity index is 1.96. The molecule has 1 aromatic rings. The van der Waals surface area contributed by atoms with Crippen LogP contribution in [-0.2, 0) is 11.3 Å². The third kappa shape index (κ3) is 3.56. The number of rotatable bonds is 4. The summed E-state index contributed by atoms with van der Waals surface area (Å²) in [6.45, 7) is 3.59. The molecule has 2 N–H and O–H groups in total. The van der Waals surface area contributed by atoms with Crippen molar-refractivity contribution in [2.75, 3.05) is 6.54 Å². The lowest BCUT2D eigenvalue weighted by Crippen LogP contribution is -2.44. The summed E-state index contributed by atoms with van der Waals surface area (Å²) in [6.07, 6.45) is 4.74. The lowest BCUT2D eigenvalue weighted by atomic mass is 9.79. The van der Waals surface area contributed by atoms with E-state index in [2.05, 4.69) is 47.1 Å². The molecule has 18 heavy (non-hydrogen) atoms. The van der Waals surface area contributed by atoms with Crippen LogP contribution in [0, 0.1) is 5.92 Å². The number of nitrogens with two attached hydrogens (primary N) is 1. The van der Waals surface area contributed by atoms with E-state index in [-0.39, 0.29) is 5.60 Å². The Kier molecular flexibility index (Phi) is 4.82. The molecule has 1 aromatic carbocycles. The number of hydrogen-bond acceptors (Lipinski definition) is 2. The number of benzene rings is 1. The average Bonchev–Trinajstić information content (AvgIpc) is 2.38. The molecular weight excluding hydrogens is 290 g/mol. The maximum absolute atomic E-state index is 6.18. The van der Waals surface area contributed by atoms with Gasteiger partial charge in [-0.15, -0.1) is 0 Å². The first-order valence-electron chi connectivity index (χ1n) is 6.72. The van der Waals surface area contributed by atoms with E-state index < -0.39 is 0 Å². The monoisotopic (exact) mass is 311 g/mol. The minimum absolute atomic E-state index is 0.0925. The van der Waals surface area contributed by atoms with Gasteiger partial charge in [-0.2, -0.15) is 0 Å². The summed E-state index contributed by atoms with van der Waals surface area (Å²) in [5.41, 5.74) is 7.08. The predicted molar refractivity (Wildman–Crippen MR) is 78.3 cm³/mol. The molecule has 1 aliphatic carbocycles. The Morgan fingerprint density at radius 2 is 2.11 bits per heavy atom. The van der Waals surface area contributed by atoms with Gasteiger partial charge in [-0.3, -0.25) is 0 Å². The van der Waals surface area contributed by atoms with E-state index >= 15 is 0 Å². The summed E-state index contributed by atoms with van der Waals surface area (Å²) in [4.78, 5) is 0. The van der Waals surface area contributed by atoms with Crippen molar-refractivity contribution < 1.29 is 4.74 Å². The minimum atomic E-state index is -0.0925. The van der Waals surface area contributed by atoms with Gasteiger partial charge in [0.2, 0.25) is 0 Å². The van der Waals surface area contributed by atoms with Gasteiger partial charge in [0.1, 0.15) is 0 Å². The summed E-state index contributed by atoms with van der Waals surface area (Å²) in [5, 5.41) is 0. The van der Waals surface area contributed by atoms with Crippen LogP contribution in [0.3, 0.4) is 0 Å². The van der Waals surface area contributed by atoms with Gasteiger partial charge in [-0.25, -0.2) is 0 Å². The molecule has 2 nitrogen and oxygen atoms in total. The van der Waals surface area contributed by atoms with Crippen molar-refractivity contribution in [1.29, 1.82) is 0 Å². The molecule has 0 bridgehead atoms. The van der Waals surface area contributed by atoms with Gasteiger partial charge in [-0.05, 0) is 36.5 Å². The maximum atomic E-state index is 6.18. The second-order valence-electron chi connectivity index (χ2n) is 5.50. The van der Waals surface area contributed by atoms with Gasteiger partial charge >= 0.3 is 0 Å². The largest absolute Gasteiger partial charge is 0.369 e. The zero-order valence-electron chi connectivity index (χ0n) is 11.0. The predicted octanol–water partition coefficient (Wildman–Crippen LogP) is 3.87. The Bertz CT molecular complexity index is 379. The smallest absolute Gasteiger partial charge is 0.0811 e. The molecule has 0 aliphatic heterocycles. The van der Waals surface area contributed by atoms with E-state index in [1.807, 2.05) is 0 Å². The second-order valence-corrected chi connectivity index (χ2v) is 6.42. The molecule has 0 spiro atoms. The molecule has 2 unspecified atom stereocenters. The first kappa shape index (κ1) is 14.0. The second kappa shape index (κ2) is 6.18. The Labute approximate surface area is 118 Å². The van der Waals surface area contributed by atoms with Crippen LogP contribution < -0.4 is 5.73 Å². The molecular formula is C15H22BrNO. The van der Waals surface area contributed by atoms with Crippen molar-refractivity contribution in [3.63, 3.8) is 0 Å². The maximum Gasteiger partial charge on any atom is 0.0811 e. The highest BCUT2D eigenvalue weighted by atomic mass is 79.9. The Morgan fingerprint density at radius 3 is 2.72 bits per heavy atom. The van der Waals surface area contributed by atoms with Crippen molar-refractivity contribution in [2.24, 2.45) is 11.7 Å². The van der Waals surface area contributed by atoms with Crippen molar-refractivity contribution >= 4 is 15.9 Å². The molecule has 1 aliphatic rings. The fourth-order valence-corrected chi connectivity index (χ4v) is 3.07. The van der Waals surface area contributed by atoms with Crippen molar-refractivity contribution in [3.05, 3.63) is 34.3 Å². The summed E-state index contributed by atoms with van der Waals surface area (Å²) < 4.78 is 7.28. The first-order valence-corrected chi connectivity index (χ1v) is 7.51. The highest BCUT2D eigenvalue weighted by molar-refractivity contribution is 9.10. The Morgan fingerprint density at radius 1 is 1.39 bits per heavy atom. The molecule has 3 heteroatoms. The van der Waals surface area contributed by atoms with Crippen molar-refractivity contribution in [1.82, 2.24) is 0 Å². The van der Waals surface area contributed by atoms with Gasteiger partial charge in [0.05, 0.1) is 12.2 Å². The molecule has 100 valence electrons. The van der Waals surface area contributed by atoms with Crippen molar-refractivity contribution in [3.8, 4) is 0 Å². The van der Waals surface area contributed by atoms with Gasteiger partial charge < -0.3 is 10.5 Å². The fraction of sp³-hybridized carbons (Fsp3) is 0.600. The zero-order valence-corrected chi connectivity index (χ0v) is 12.6. The topological polar surface area (TPSA) is 35.2 Å². The minimum Gasteiger partial charge on any atom is -0.369 e. The van der Waals surface area contributed by atoms with E-state index in [4.69, 9.17) is 10.5 Å². The molecule has 2 rings (SSSR count). The van der Waals surface area contributed by atoms with E-state index in [1.54, 1.807) is 0 Å². The number of halogens is 1. The van der Waals surface area contributed by atoms with Gasteiger partial charge in [0, 0.05) is 11.0 Å². The highest BCUT2D eigenvalue weighted by Crippen LogP contribution is 2.35. The van der Waals surface area contributed by atoms with E-state index in [1.165, 1.54) is 18.4 Å². The summed E-state index contributed by atoms with van der Waals surface area (Å²) in [5.74, 6) is 0.729. The SMILES string of the molecule is CC1CCCC(CN)(OCc2ccc(Br)cc2)C1. The molecule has 2 atom stereocenters. The molecule has 0 heterocycles. The summed E-state index contributed by atoms with van der Waals surface area (Å²) in [6, 6.07) is 8.30. The van der Waals surface area contributed by atoms with E-state index in [0.717, 1.165) is 23.2 Å². The van der Waals surface area contributed by atoms with Crippen LogP contribution in [0.1, 0.15) is 38.2 Å². The van der Waals surface area contributed by atoms with E-state index in [0.29, 0.717) is 13.2 Å². The third-order valence-electron chi connectivity index (χ3n) is 3.88. The number of hydrogen-bond donors (Lipinski definition) is 1. The molecule has 0 saturated heterocycles. The molecule has 0 aromatic heterocycles. The molecule has 0 amide bonds. The molecule has 1 fully saturated rings.